The van der Waals surface area contributed by atoms with Crippen molar-refractivity contribution >= 4 is 33.8 Å². The van der Waals surface area contributed by atoms with E-state index in [0.29, 0.717) is 12.4 Å². The van der Waals surface area contributed by atoms with Crippen molar-refractivity contribution in [2.75, 3.05) is 18.4 Å². The van der Waals surface area contributed by atoms with Crippen molar-refractivity contribution in [2.24, 2.45) is 11.7 Å². The minimum Gasteiger partial charge on any atom is -0.369 e. The molecule has 1 aliphatic heterocycles. The summed E-state index contributed by atoms with van der Waals surface area (Å²) in [6.07, 6.45) is 6.86. The summed E-state index contributed by atoms with van der Waals surface area (Å²) < 4.78 is 17.3. The summed E-state index contributed by atoms with van der Waals surface area (Å²) in [5.74, 6) is 0.228. The van der Waals surface area contributed by atoms with Gasteiger partial charge in [0, 0.05) is 29.7 Å². The van der Waals surface area contributed by atoms with E-state index in [9.17, 15) is 9.18 Å². The number of carbonyl (C=O) groups is 1. The number of anilines is 2. The van der Waals surface area contributed by atoms with Crippen LogP contribution in [0, 0.1) is 11.7 Å². The fourth-order valence-corrected chi connectivity index (χ4v) is 5.09. The third-order valence-corrected chi connectivity index (χ3v) is 7.05. The largest absolute Gasteiger partial charge is 0.369 e. The van der Waals surface area contributed by atoms with Crippen molar-refractivity contribution in [1.29, 1.82) is 0 Å². The zero-order valence-electron chi connectivity index (χ0n) is 20.2. The smallest absolute Gasteiger partial charge is 0.220 e. The molecule has 0 atom stereocenters. The Balaban J connectivity index is 1.22. The summed E-state index contributed by atoms with van der Waals surface area (Å²) in [6, 6.07) is 14.6. The minimum absolute atomic E-state index is 0.0317. The number of halogens is 1. The zero-order valence-corrected chi connectivity index (χ0v) is 20.2. The molecule has 4 heterocycles. The number of amides is 1. The maximum atomic E-state index is 13.6. The fraction of sp³-hybridized carbons (Fsp3) is 0.259. The first-order valence-electron chi connectivity index (χ1n) is 12.3. The van der Waals surface area contributed by atoms with Crippen LogP contribution in [0.2, 0.25) is 0 Å². The molecule has 10 heteroatoms. The highest BCUT2D eigenvalue weighted by atomic mass is 19.1. The Hall–Kier alpha value is -4.31. The van der Waals surface area contributed by atoms with Gasteiger partial charge in [-0.15, -0.1) is 0 Å². The summed E-state index contributed by atoms with van der Waals surface area (Å²) >= 11 is 0. The number of hydrogen-bond acceptors (Lipinski definition) is 6. The van der Waals surface area contributed by atoms with Gasteiger partial charge in [-0.1, -0.05) is 12.1 Å². The summed E-state index contributed by atoms with van der Waals surface area (Å²) in [6.45, 7) is 2.90. The van der Waals surface area contributed by atoms with Gasteiger partial charge in [0.05, 0.1) is 18.3 Å². The number of fused-ring (bicyclic) bond motifs is 2. The normalized spacial score (nSPS) is 14.9. The molecule has 0 saturated carbocycles. The third-order valence-electron chi connectivity index (χ3n) is 7.05. The Morgan fingerprint density at radius 1 is 1.08 bits per heavy atom. The van der Waals surface area contributed by atoms with Gasteiger partial charge in [0.2, 0.25) is 5.91 Å². The van der Waals surface area contributed by atoms with Gasteiger partial charge in [0.1, 0.15) is 17.7 Å². The minimum atomic E-state index is -0.253. The summed E-state index contributed by atoms with van der Waals surface area (Å²) in [5.41, 5.74) is 10.2. The second-order valence-corrected chi connectivity index (χ2v) is 9.53. The zero-order chi connectivity index (χ0) is 25.4. The van der Waals surface area contributed by atoms with Gasteiger partial charge in [-0.3, -0.25) is 14.4 Å². The quantitative estimate of drug-likeness (QED) is 0.354. The molecule has 37 heavy (non-hydrogen) atoms. The molecule has 1 saturated heterocycles. The lowest BCUT2D eigenvalue weighted by Crippen LogP contribution is -2.38. The molecule has 1 amide bonds. The molecule has 1 fully saturated rings. The fourth-order valence-electron chi connectivity index (χ4n) is 5.09. The van der Waals surface area contributed by atoms with E-state index in [1.165, 1.54) is 18.5 Å². The van der Waals surface area contributed by atoms with Crippen molar-refractivity contribution in [3.63, 3.8) is 0 Å². The summed E-state index contributed by atoms with van der Waals surface area (Å²) in [4.78, 5) is 18.4. The number of primary amides is 1. The second kappa shape index (κ2) is 9.62. The number of aromatic nitrogens is 5. The van der Waals surface area contributed by atoms with E-state index >= 15 is 0 Å². The average molecular weight is 499 g/mol. The van der Waals surface area contributed by atoms with Gasteiger partial charge in [-0.2, -0.15) is 10.2 Å². The highest BCUT2D eigenvalue weighted by Gasteiger charge is 2.24. The van der Waals surface area contributed by atoms with Gasteiger partial charge in [-0.25, -0.2) is 13.9 Å². The highest BCUT2D eigenvalue weighted by molar-refractivity contribution is 5.85. The van der Waals surface area contributed by atoms with E-state index in [0.717, 1.165) is 65.7 Å². The van der Waals surface area contributed by atoms with Gasteiger partial charge in [0.25, 0.3) is 0 Å². The van der Waals surface area contributed by atoms with Gasteiger partial charge < -0.3 is 11.1 Å². The summed E-state index contributed by atoms with van der Waals surface area (Å²) in [5, 5.41) is 13.3. The van der Waals surface area contributed by atoms with Crippen LogP contribution in [-0.4, -0.2) is 48.3 Å². The molecule has 6 rings (SSSR count). The van der Waals surface area contributed by atoms with Crippen molar-refractivity contribution in [2.45, 2.75) is 25.9 Å². The summed E-state index contributed by atoms with van der Waals surface area (Å²) in [7, 11) is 0. The number of piperidine rings is 1. The molecule has 5 aromatic rings. The van der Waals surface area contributed by atoms with Gasteiger partial charge in [0.15, 0.2) is 5.82 Å². The lowest BCUT2D eigenvalue weighted by molar-refractivity contribution is -0.123. The first kappa shape index (κ1) is 23.1. The molecule has 3 N–H and O–H groups in total. The van der Waals surface area contributed by atoms with Crippen LogP contribution in [0.3, 0.4) is 0 Å². The van der Waals surface area contributed by atoms with Gasteiger partial charge >= 0.3 is 0 Å². The number of carbonyl (C=O) groups excluding carboxylic acids is 1. The topological polar surface area (TPSA) is 106 Å². The van der Waals surface area contributed by atoms with E-state index < -0.39 is 0 Å². The Morgan fingerprint density at radius 3 is 2.76 bits per heavy atom. The molecule has 0 unspecified atom stereocenters. The number of nitrogens with zero attached hydrogens (tertiary/aromatic N) is 6. The van der Waals surface area contributed by atoms with Gasteiger partial charge in [-0.05, 0) is 73.5 Å². The number of likely N-dealkylation sites (tertiary alicyclic amines) is 1. The molecule has 0 bridgehead atoms. The van der Waals surface area contributed by atoms with E-state index in [-0.39, 0.29) is 17.6 Å². The second-order valence-electron chi connectivity index (χ2n) is 9.53. The number of nitrogens with one attached hydrogen (secondary N) is 1. The van der Waals surface area contributed by atoms with Crippen LogP contribution in [0.1, 0.15) is 24.0 Å². The van der Waals surface area contributed by atoms with E-state index in [4.69, 9.17) is 5.73 Å². The van der Waals surface area contributed by atoms with E-state index in [2.05, 4.69) is 31.5 Å². The molecule has 2 aromatic carbocycles. The molecule has 0 aliphatic carbocycles. The van der Waals surface area contributed by atoms with E-state index in [1.807, 2.05) is 45.9 Å². The molecule has 188 valence electrons. The number of nitrogens with two attached hydrogens (primary N) is 1. The molecule has 9 nitrogen and oxygen atoms in total. The lowest BCUT2D eigenvalue weighted by Gasteiger charge is -2.30. The maximum absolute atomic E-state index is 13.6. The Labute approximate surface area is 212 Å². The first-order valence-corrected chi connectivity index (χ1v) is 12.3. The average Bonchev–Trinajstić information content (AvgIpc) is 3.49. The number of rotatable bonds is 7. The standard InChI is InChI=1S/C27H27FN8O/c28-22-3-1-2-18(12-22)15-36-24-5-4-23(13-21(24)14-31-36)33-27-25-20(8-11-35(25)32-17-30-27)16-34-9-6-19(7-10-34)26(29)37/h1-5,8,11-14,17,19H,6-7,9-10,15-16H2,(H2,29,37)(H,30,32,33). The van der Waals surface area contributed by atoms with Crippen molar-refractivity contribution in [3.8, 4) is 0 Å². The maximum Gasteiger partial charge on any atom is 0.220 e. The van der Waals surface area contributed by atoms with Crippen molar-refractivity contribution < 1.29 is 9.18 Å². The van der Waals surface area contributed by atoms with Crippen LogP contribution >= 0.6 is 0 Å². The predicted octanol–water partition coefficient (Wildman–Crippen LogP) is 3.71. The molecular formula is C27H27FN8O. The van der Waals surface area contributed by atoms with E-state index in [1.54, 1.807) is 6.07 Å². The highest BCUT2D eigenvalue weighted by Crippen LogP contribution is 2.27. The lowest BCUT2D eigenvalue weighted by atomic mass is 9.96. The Kier molecular flexibility index (Phi) is 6.01. The SMILES string of the molecule is NC(=O)C1CCN(Cc2ccn3ncnc(Nc4ccc5c(cnn5Cc5cccc(F)c5)c4)c23)CC1. The molecule has 1 aliphatic rings. The van der Waals surface area contributed by atoms with Crippen LogP contribution < -0.4 is 11.1 Å². The number of hydrogen-bond donors (Lipinski definition) is 2. The predicted molar refractivity (Wildman–Crippen MR) is 139 cm³/mol. The van der Waals surface area contributed by atoms with Crippen molar-refractivity contribution in [3.05, 3.63) is 84.2 Å². The molecule has 3 aromatic heterocycles. The molecule has 0 spiro atoms. The van der Waals surface area contributed by atoms with Crippen molar-refractivity contribution in [1.82, 2.24) is 29.3 Å². The Bertz CT molecular complexity index is 1580. The van der Waals surface area contributed by atoms with Crippen LogP contribution in [0.25, 0.3) is 16.4 Å². The van der Waals surface area contributed by atoms with Crippen LogP contribution in [0.4, 0.5) is 15.9 Å². The van der Waals surface area contributed by atoms with Crippen LogP contribution in [-0.2, 0) is 17.9 Å². The molecular weight excluding hydrogens is 471 g/mol. The first-order chi connectivity index (χ1) is 18.0. The molecule has 0 radical (unpaired) electrons. The van der Waals surface area contributed by atoms with Crippen LogP contribution in [0.5, 0.6) is 0 Å². The Morgan fingerprint density at radius 2 is 1.95 bits per heavy atom. The number of benzene rings is 2. The third kappa shape index (κ3) is 4.75. The monoisotopic (exact) mass is 498 g/mol. The van der Waals surface area contributed by atoms with Crippen LogP contribution in [0.15, 0.2) is 67.3 Å².